The average molecular weight is 181 g/mol. The first-order chi connectivity index (χ1) is 6.26. The number of aliphatic hydroxyl groups is 1. The third-order valence-electron chi connectivity index (χ3n) is 2.15. The van der Waals surface area contributed by atoms with Crippen molar-refractivity contribution >= 4 is 0 Å². The molecule has 0 unspecified atom stereocenters. The van der Waals surface area contributed by atoms with E-state index in [1.807, 2.05) is 0 Å². The number of hydrogen-bond donors (Lipinski definition) is 1. The van der Waals surface area contributed by atoms with Crippen LogP contribution in [-0.2, 0) is 10.3 Å². The van der Waals surface area contributed by atoms with Gasteiger partial charge in [-0.05, 0) is 12.1 Å². The summed E-state index contributed by atoms with van der Waals surface area (Å²) in [6, 6.07) is 3.57. The van der Waals surface area contributed by atoms with Gasteiger partial charge in [-0.3, -0.25) is 0 Å². The highest BCUT2D eigenvalue weighted by Gasteiger charge is 2.40. The zero-order valence-corrected chi connectivity index (χ0v) is 7.36. The summed E-state index contributed by atoms with van der Waals surface area (Å²) >= 11 is 0. The second-order valence-corrected chi connectivity index (χ2v) is 3.08. The summed E-state index contributed by atoms with van der Waals surface area (Å²) in [4.78, 5) is 4.01. The largest absolute Gasteiger partial charge is 0.481 e. The topological polar surface area (TPSA) is 51.6 Å². The number of methoxy groups -OCH3 is 1. The second-order valence-electron chi connectivity index (χ2n) is 3.08. The Morgan fingerprint density at radius 2 is 2.38 bits per heavy atom. The minimum atomic E-state index is -0.903. The molecule has 0 spiro atoms. The highest BCUT2D eigenvalue weighted by molar-refractivity contribution is 5.33. The van der Waals surface area contributed by atoms with Crippen molar-refractivity contribution in [1.82, 2.24) is 4.98 Å². The Kier molecular flexibility index (Phi) is 1.94. The van der Waals surface area contributed by atoms with Crippen LogP contribution in [0.1, 0.15) is 5.56 Å². The first-order valence-electron chi connectivity index (χ1n) is 4.06. The number of pyridine rings is 1. The second kappa shape index (κ2) is 2.97. The van der Waals surface area contributed by atoms with Crippen molar-refractivity contribution in [2.45, 2.75) is 5.60 Å². The van der Waals surface area contributed by atoms with E-state index in [-0.39, 0.29) is 0 Å². The predicted octanol–water partition coefficient (Wildman–Crippen LogP) is 0.308. The Morgan fingerprint density at radius 3 is 2.92 bits per heavy atom. The lowest BCUT2D eigenvalue weighted by molar-refractivity contribution is -0.185. The van der Waals surface area contributed by atoms with Crippen LogP contribution in [-0.4, -0.2) is 30.4 Å². The molecule has 1 aliphatic heterocycles. The Labute approximate surface area is 76.1 Å². The Bertz CT molecular complexity index is 309. The highest BCUT2D eigenvalue weighted by atomic mass is 16.5. The maximum atomic E-state index is 9.95. The first-order valence-corrected chi connectivity index (χ1v) is 4.06. The van der Waals surface area contributed by atoms with Gasteiger partial charge in [-0.25, -0.2) is 4.98 Å². The van der Waals surface area contributed by atoms with Gasteiger partial charge in [-0.15, -0.1) is 0 Å². The van der Waals surface area contributed by atoms with Crippen LogP contribution in [0.25, 0.3) is 0 Å². The molecule has 4 heteroatoms. The van der Waals surface area contributed by atoms with Crippen LogP contribution in [0.2, 0.25) is 0 Å². The van der Waals surface area contributed by atoms with E-state index in [1.54, 1.807) is 18.3 Å². The van der Waals surface area contributed by atoms with Gasteiger partial charge in [-0.1, -0.05) is 0 Å². The summed E-state index contributed by atoms with van der Waals surface area (Å²) in [5.74, 6) is 0.466. The fourth-order valence-electron chi connectivity index (χ4n) is 1.36. The monoisotopic (exact) mass is 181 g/mol. The van der Waals surface area contributed by atoms with Gasteiger partial charge in [0.1, 0.15) is 5.60 Å². The number of ether oxygens (including phenoxy) is 2. The molecule has 1 N–H and O–H groups in total. The van der Waals surface area contributed by atoms with E-state index in [1.165, 1.54) is 7.11 Å². The molecule has 0 saturated carbocycles. The third kappa shape index (κ3) is 1.28. The summed E-state index contributed by atoms with van der Waals surface area (Å²) in [6.45, 7) is 0.629. The molecule has 13 heavy (non-hydrogen) atoms. The molecule has 70 valence electrons. The maximum Gasteiger partial charge on any atom is 0.219 e. The van der Waals surface area contributed by atoms with Crippen LogP contribution < -0.4 is 4.74 Å². The summed E-state index contributed by atoms with van der Waals surface area (Å²) in [5, 5.41) is 9.95. The van der Waals surface area contributed by atoms with E-state index in [9.17, 15) is 5.11 Å². The summed E-state index contributed by atoms with van der Waals surface area (Å²) in [6.07, 6.45) is 1.63. The summed E-state index contributed by atoms with van der Waals surface area (Å²) in [5.41, 5.74) is -0.205. The summed E-state index contributed by atoms with van der Waals surface area (Å²) < 4.78 is 10.00. The minimum absolute atomic E-state index is 0.315. The molecule has 0 aliphatic carbocycles. The van der Waals surface area contributed by atoms with Gasteiger partial charge in [0.25, 0.3) is 0 Å². The van der Waals surface area contributed by atoms with E-state index in [2.05, 4.69) is 4.98 Å². The van der Waals surface area contributed by atoms with E-state index < -0.39 is 5.60 Å². The lowest BCUT2D eigenvalue weighted by Crippen LogP contribution is -2.46. The Morgan fingerprint density at radius 1 is 1.62 bits per heavy atom. The Hall–Kier alpha value is -1.13. The van der Waals surface area contributed by atoms with E-state index in [0.29, 0.717) is 24.7 Å². The molecule has 4 nitrogen and oxygen atoms in total. The van der Waals surface area contributed by atoms with Crippen molar-refractivity contribution in [3.8, 4) is 5.88 Å². The van der Waals surface area contributed by atoms with Crippen molar-refractivity contribution in [2.24, 2.45) is 0 Å². The van der Waals surface area contributed by atoms with Crippen LogP contribution in [0.4, 0.5) is 0 Å². The van der Waals surface area contributed by atoms with E-state index in [4.69, 9.17) is 9.47 Å². The van der Waals surface area contributed by atoms with Crippen molar-refractivity contribution in [2.75, 3.05) is 20.3 Å². The zero-order valence-electron chi connectivity index (χ0n) is 7.36. The molecular weight excluding hydrogens is 170 g/mol. The molecule has 1 aromatic rings. The van der Waals surface area contributed by atoms with Gasteiger partial charge in [0, 0.05) is 6.20 Å². The van der Waals surface area contributed by atoms with Gasteiger partial charge in [0.2, 0.25) is 5.88 Å². The lowest BCUT2D eigenvalue weighted by atomic mass is 9.93. The SMILES string of the molecule is COc1ncccc1C1(O)COC1. The van der Waals surface area contributed by atoms with Gasteiger partial charge in [0.05, 0.1) is 25.9 Å². The van der Waals surface area contributed by atoms with Crippen LogP contribution in [0.5, 0.6) is 5.88 Å². The quantitative estimate of drug-likeness (QED) is 0.713. The number of hydrogen-bond acceptors (Lipinski definition) is 4. The van der Waals surface area contributed by atoms with Gasteiger partial charge >= 0.3 is 0 Å². The van der Waals surface area contributed by atoms with Crippen molar-refractivity contribution < 1.29 is 14.6 Å². The lowest BCUT2D eigenvalue weighted by Gasteiger charge is -2.36. The van der Waals surface area contributed by atoms with Crippen LogP contribution in [0.15, 0.2) is 18.3 Å². The summed E-state index contributed by atoms with van der Waals surface area (Å²) in [7, 11) is 1.54. The molecule has 0 radical (unpaired) electrons. The average Bonchev–Trinajstić information content (AvgIpc) is 2.14. The van der Waals surface area contributed by atoms with E-state index in [0.717, 1.165) is 0 Å². The molecule has 1 aromatic heterocycles. The normalized spacial score (nSPS) is 19.2. The molecule has 1 aliphatic rings. The number of nitrogens with zero attached hydrogens (tertiary/aromatic N) is 1. The predicted molar refractivity (Wildman–Crippen MR) is 45.5 cm³/mol. The van der Waals surface area contributed by atoms with Crippen molar-refractivity contribution in [3.63, 3.8) is 0 Å². The highest BCUT2D eigenvalue weighted by Crippen LogP contribution is 2.33. The molecule has 1 fully saturated rings. The van der Waals surface area contributed by atoms with Crippen LogP contribution in [0.3, 0.4) is 0 Å². The van der Waals surface area contributed by atoms with Crippen molar-refractivity contribution in [3.05, 3.63) is 23.9 Å². The molecule has 0 bridgehead atoms. The molecule has 1 saturated heterocycles. The fraction of sp³-hybridized carbons (Fsp3) is 0.444. The maximum absolute atomic E-state index is 9.95. The standard InChI is InChI=1S/C9H11NO3/c1-12-8-7(3-2-4-10-8)9(11)5-13-6-9/h2-4,11H,5-6H2,1H3. The molecule has 0 atom stereocenters. The minimum Gasteiger partial charge on any atom is -0.481 e. The molecular formula is C9H11NO3. The number of aromatic nitrogens is 1. The van der Waals surface area contributed by atoms with Crippen LogP contribution in [0, 0.1) is 0 Å². The Balaban J connectivity index is 2.38. The van der Waals surface area contributed by atoms with Gasteiger partial charge in [0.15, 0.2) is 0 Å². The molecule has 2 heterocycles. The van der Waals surface area contributed by atoms with Crippen LogP contribution >= 0.6 is 0 Å². The van der Waals surface area contributed by atoms with Gasteiger partial charge < -0.3 is 14.6 Å². The zero-order chi connectivity index (χ0) is 9.31. The molecule has 2 rings (SSSR count). The molecule has 0 amide bonds. The van der Waals surface area contributed by atoms with Crippen molar-refractivity contribution in [1.29, 1.82) is 0 Å². The first kappa shape index (κ1) is 8.47. The fourth-order valence-corrected chi connectivity index (χ4v) is 1.36. The smallest absolute Gasteiger partial charge is 0.219 e. The number of rotatable bonds is 2. The third-order valence-corrected chi connectivity index (χ3v) is 2.15. The molecule has 0 aromatic carbocycles. The van der Waals surface area contributed by atoms with Gasteiger partial charge in [-0.2, -0.15) is 0 Å². The van der Waals surface area contributed by atoms with E-state index >= 15 is 0 Å².